The van der Waals surface area contributed by atoms with Crippen molar-refractivity contribution in [1.82, 2.24) is 19.5 Å². The number of fused-ring (bicyclic) bond motifs is 1. The van der Waals surface area contributed by atoms with Crippen molar-refractivity contribution in [2.75, 3.05) is 6.61 Å². The Kier molecular flexibility index (Phi) is 3.78. The number of aromatic nitrogens is 4. The normalized spacial score (nSPS) is 22.4. The molecule has 2 aromatic rings. The molecule has 1 aliphatic rings. The quantitative estimate of drug-likeness (QED) is 0.327. The third kappa shape index (κ3) is 2.47. The molecule has 0 aliphatic carbocycles. The smallest absolute Gasteiger partial charge is 0.303 e. The molecule has 0 aromatic carbocycles. The predicted octanol–water partition coefficient (Wildman–Crippen LogP) is 1.93. The predicted molar refractivity (Wildman–Crippen MR) is 78.2 cm³/mol. The van der Waals surface area contributed by atoms with Gasteiger partial charge in [0, 0.05) is 35.9 Å². The van der Waals surface area contributed by atoms with Crippen LogP contribution in [0.25, 0.3) is 11.2 Å². The molecule has 0 saturated carbocycles. The van der Waals surface area contributed by atoms with Crippen LogP contribution in [-0.4, -0.2) is 38.2 Å². The van der Waals surface area contributed by atoms with Crippen molar-refractivity contribution in [1.29, 1.82) is 0 Å². The van der Waals surface area contributed by atoms with Crippen LogP contribution in [0, 0.1) is 3.83 Å². The van der Waals surface area contributed by atoms with E-state index in [0.29, 0.717) is 33.2 Å². The zero-order valence-electron chi connectivity index (χ0n) is 10.4. The van der Waals surface area contributed by atoms with Crippen LogP contribution < -0.4 is 0 Å². The molecule has 3 rings (SSSR count). The Morgan fingerprint density at radius 3 is 3.15 bits per heavy atom. The highest BCUT2D eigenvalue weighted by atomic mass is 127. The Hall–Kier alpha value is -1.000. The number of ether oxygens (including phenoxy) is 2. The van der Waals surface area contributed by atoms with E-state index in [1.54, 1.807) is 10.9 Å². The van der Waals surface area contributed by atoms with Crippen molar-refractivity contribution in [2.45, 2.75) is 25.7 Å². The average molecular weight is 409 g/mol. The van der Waals surface area contributed by atoms with Gasteiger partial charge in [-0.15, -0.1) is 0 Å². The highest BCUT2D eigenvalue weighted by Crippen LogP contribution is 2.30. The van der Waals surface area contributed by atoms with Gasteiger partial charge >= 0.3 is 5.97 Å². The number of imidazole rings is 1. The molecule has 7 nitrogen and oxygen atoms in total. The number of rotatable bonds is 2. The lowest BCUT2D eigenvalue weighted by molar-refractivity contribution is -0.151. The Bertz CT molecular complexity index is 677. The van der Waals surface area contributed by atoms with E-state index in [2.05, 4.69) is 15.0 Å². The Morgan fingerprint density at radius 2 is 2.40 bits per heavy atom. The lowest BCUT2D eigenvalue weighted by Crippen LogP contribution is -2.24. The molecule has 106 valence electrons. The highest BCUT2D eigenvalue weighted by molar-refractivity contribution is 14.1. The van der Waals surface area contributed by atoms with Crippen LogP contribution in [-0.2, 0) is 14.3 Å². The molecule has 0 spiro atoms. The summed E-state index contributed by atoms with van der Waals surface area (Å²) in [5.41, 5.74) is 1.07. The van der Waals surface area contributed by atoms with Crippen molar-refractivity contribution < 1.29 is 14.3 Å². The molecule has 2 unspecified atom stereocenters. The minimum absolute atomic E-state index is 0.292. The molecule has 20 heavy (non-hydrogen) atoms. The van der Waals surface area contributed by atoms with Gasteiger partial charge in [-0.3, -0.25) is 9.36 Å². The molecular weight excluding hydrogens is 399 g/mol. The van der Waals surface area contributed by atoms with Crippen LogP contribution in [0.5, 0.6) is 0 Å². The average Bonchev–Trinajstić information content (AvgIpc) is 2.94. The minimum Gasteiger partial charge on any atom is -0.458 e. The molecule has 1 fully saturated rings. The summed E-state index contributed by atoms with van der Waals surface area (Å²) < 4.78 is 13.1. The number of hydrogen-bond acceptors (Lipinski definition) is 6. The first-order valence-electron chi connectivity index (χ1n) is 5.90. The van der Waals surface area contributed by atoms with Gasteiger partial charge in [0.15, 0.2) is 20.9 Å². The third-order valence-corrected chi connectivity index (χ3v) is 3.70. The van der Waals surface area contributed by atoms with Crippen LogP contribution in [0.4, 0.5) is 0 Å². The van der Waals surface area contributed by atoms with Gasteiger partial charge in [-0.1, -0.05) is 11.6 Å². The van der Waals surface area contributed by atoms with Gasteiger partial charge in [0.1, 0.15) is 11.6 Å². The summed E-state index contributed by atoms with van der Waals surface area (Å²) in [6.07, 6.45) is 1.43. The fourth-order valence-corrected chi connectivity index (χ4v) is 3.01. The number of carbonyl (C=O) groups excluding carboxylic acids is 1. The number of esters is 1. The van der Waals surface area contributed by atoms with E-state index in [1.807, 2.05) is 22.6 Å². The van der Waals surface area contributed by atoms with Crippen LogP contribution in [0.1, 0.15) is 19.6 Å². The molecular formula is C11H10ClIN4O3. The Morgan fingerprint density at radius 1 is 1.60 bits per heavy atom. The van der Waals surface area contributed by atoms with E-state index in [1.165, 1.54) is 6.92 Å². The summed E-state index contributed by atoms with van der Waals surface area (Å²) in [6, 6.07) is 0. The second-order valence-corrected chi connectivity index (χ2v) is 5.63. The fraction of sp³-hybridized carbons (Fsp3) is 0.455. The van der Waals surface area contributed by atoms with Gasteiger partial charge in [-0.2, -0.15) is 0 Å². The van der Waals surface area contributed by atoms with Gasteiger partial charge in [-0.05, 0) is 0 Å². The van der Waals surface area contributed by atoms with Crippen LogP contribution in [0.3, 0.4) is 0 Å². The summed E-state index contributed by atoms with van der Waals surface area (Å²) in [6.45, 7) is 1.89. The standard InChI is InChI=1S/C11H10ClIN4O3/c1-5(18)20-6-2-3-19-10(6)17-4-14-7-8(12)15-11(13)16-9(7)17/h4,6,10H,2-3H2,1H3. The van der Waals surface area contributed by atoms with Crippen LogP contribution in [0.2, 0.25) is 5.15 Å². The minimum atomic E-state index is -0.439. The number of halogens is 2. The van der Waals surface area contributed by atoms with Crippen molar-refractivity contribution in [3.8, 4) is 0 Å². The number of carbonyl (C=O) groups is 1. The molecule has 3 heterocycles. The van der Waals surface area contributed by atoms with Crippen molar-refractivity contribution in [2.24, 2.45) is 0 Å². The molecule has 9 heteroatoms. The van der Waals surface area contributed by atoms with Gasteiger partial charge in [0.2, 0.25) is 0 Å². The Balaban J connectivity index is 2.03. The monoisotopic (exact) mass is 408 g/mol. The maximum absolute atomic E-state index is 11.1. The maximum atomic E-state index is 11.1. The van der Waals surface area contributed by atoms with Crippen LogP contribution in [0.15, 0.2) is 6.33 Å². The highest BCUT2D eigenvalue weighted by Gasteiger charge is 2.34. The molecule has 0 amide bonds. The molecule has 1 saturated heterocycles. The lowest BCUT2D eigenvalue weighted by Gasteiger charge is -2.19. The lowest BCUT2D eigenvalue weighted by atomic mass is 10.2. The first-order chi connectivity index (χ1) is 9.56. The molecule has 0 bridgehead atoms. The molecule has 0 N–H and O–H groups in total. The number of hydrogen-bond donors (Lipinski definition) is 0. The van der Waals surface area contributed by atoms with Gasteiger partial charge in [0.05, 0.1) is 12.9 Å². The SMILES string of the molecule is CC(=O)OC1CCOC1n1cnc2c(Cl)nc(I)nc21. The third-order valence-electron chi connectivity index (χ3n) is 2.95. The molecule has 2 atom stereocenters. The van der Waals surface area contributed by atoms with Gasteiger partial charge < -0.3 is 9.47 Å². The van der Waals surface area contributed by atoms with Gasteiger partial charge in [0.25, 0.3) is 0 Å². The summed E-state index contributed by atoms with van der Waals surface area (Å²) in [5, 5.41) is 0.292. The first kappa shape index (κ1) is 14.0. The largest absolute Gasteiger partial charge is 0.458 e. The Labute approximate surface area is 132 Å². The molecule has 1 aliphatic heterocycles. The van der Waals surface area contributed by atoms with Crippen molar-refractivity contribution >= 4 is 51.3 Å². The van der Waals surface area contributed by atoms with E-state index >= 15 is 0 Å². The number of nitrogens with zero attached hydrogens (tertiary/aromatic N) is 4. The fourth-order valence-electron chi connectivity index (χ4n) is 2.19. The maximum Gasteiger partial charge on any atom is 0.303 e. The topological polar surface area (TPSA) is 79.1 Å². The van der Waals surface area contributed by atoms with Crippen molar-refractivity contribution in [3.05, 3.63) is 15.3 Å². The van der Waals surface area contributed by atoms with E-state index in [-0.39, 0.29) is 12.1 Å². The first-order valence-corrected chi connectivity index (χ1v) is 7.36. The van der Waals surface area contributed by atoms with E-state index in [9.17, 15) is 4.79 Å². The van der Waals surface area contributed by atoms with Gasteiger partial charge in [-0.25, -0.2) is 15.0 Å². The summed E-state index contributed by atoms with van der Waals surface area (Å²) in [7, 11) is 0. The molecule has 0 radical (unpaired) electrons. The van der Waals surface area contributed by atoms with Crippen LogP contribution >= 0.6 is 34.2 Å². The summed E-state index contributed by atoms with van der Waals surface area (Å²) in [4.78, 5) is 23.7. The zero-order chi connectivity index (χ0) is 14.3. The summed E-state index contributed by atoms with van der Waals surface area (Å²) in [5.74, 6) is -0.336. The zero-order valence-corrected chi connectivity index (χ0v) is 13.3. The van der Waals surface area contributed by atoms with E-state index < -0.39 is 6.23 Å². The second kappa shape index (κ2) is 5.41. The van der Waals surface area contributed by atoms with E-state index in [4.69, 9.17) is 21.1 Å². The second-order valence-electron chi connectivity index (χ2n) is 4.31. The molecule has 2 aromatic heterocycles. The van der Waals surface area contributed by atoms with Crippen molar-refractivity contribution in [3.63, 3.8) is 0 Å². The van der Waals surface area contributed by atoms with E-state index in [0.717, 1.165) is 0 Å². The summed E-state index contributed by atoms with van der Waals surface area (Å²) >= 11 is 8.03.